The largest absolute Gasteiger partial charge is 0.465 e. The van der Waals surface area contributed by atoms with Crippen molar-refractivity contribution in [2.75, 3.05) is 19.8 Å². The molecular formula is C35H58N2O6. The van der Waals surface area contributed by atoms with Crippen LogP contribution in [0.15, 0.2) is 25.3 Å². The highest BCUT2D eigenvalue weighted by Crippen LogP contribution is 2.65. The Morgan fingerprint density at radius 1 is 1.16 bits per heavy atom. The van der Waals surface area contributed by atoms with Crippen LogP contribution < -0.4 is 0 Å². The van der Waals surface area contributed by atoms with Gasteiger partial charge in [0.15, 0.2) is 0 Å². The van der Waals surface area contributed by atoms with E-state index in [2.05, 4.69) is 47.8 Å². The van der Waals surface area contributed by atoms with Crippen molar-refractivity contribution in [1.29, 1.82) is 0 Å². The van der Waals surface area contributed by atoms with E-state index in [-0.39, 0.29) is 36.4 Å². The molecule has 2 amide bonds. The number of ether oxygens (including phenoxy) is 2. The van der Waals surface area contributed by atoms with Gasteiger partial charge in [-0.25, -0.2) is 0 Å². The zero-order valence-corrected chi connectivity index (χ0v) is 28.1. The van der Waals surface area contributed by atoms with Gasteiger partial charge >= 0.3 is 5.97 Å². The van der Waals surface area contributed by atoms with E-state index in [0.717, 1.165) is 25.7 Å². The fourth-order valence-corrected chi connectivity index (χ4v) is 8.42. The number of esters is 1. The van der Waals surface area contributed by atoms with Crippen molar-refractivity contribution in [3.8, 4) is 0 Å². The van der Waals surface area contributed by atoms with Crippen LogP contribution in [0, 0.1) is 23.2 Å². The number of carbonyl (C=O) groups is 3. The molecule has 1 N–H and O–H groups in total. The average Bonchev–Trinajstić information content (AvgIpc) is 3.54. The average molecular weight is 603 g/mol. The van der Waals surface area contributed by atoms with Gasteiger partial charge < -0.3 is 24.4 Å². The lowest BCUT2D eigenvalue weighted by Crippen LogP contribution is -2.63. The maximum Gasteiger partial charge on any atom is 0.312 e. The Bertz CT molecular complexity index is 1050. The van der Waals surface area contributed by atoms with Gasteiger partial charge in [-0.05, 0) is 70.1 Å². The number of aliphatic hydroxyl groups is 1. The van der Waals surface area contributed by atoms with E-state index in [1.165, 1.54) is 0 Å². The summed E-state index contributed by atoms with van der Waals surface area (Å²) in [7, 11) is 0. The number of unbranched alkanes of at least 4 members (excludes halogenated alkanes) is 2. The molecule has 0 radical (unpaired) electrons. The molecule has 2 bridgehead atoms. The SMILES string of the molecule is C=CCCCCOC(=O)[C@H]1[C@H]2C(=O)N([C@@H](CO)[C@@H](C)CC)C(C(=O)N(CC=C)C(C)(C)CC(C)(C)C)C23CC[C@]1(CC)O3. The first-order valence-corrected chi connectivity index (χ1v) is 16.4. The minimum Gasteiger partial charge on any atom is -0.465 e. The van der Waals surface area contributed by atoms with Crippen molar-refractivity contribution in [2.45, 2.75) is 136 Å². The van der Waals surface area contributed by atoms with Crippen LogP contribution in [0.2, 0.25) is 0 Å². The van der Waals surface area contributed by atoms with Crippen LogP contribution in [-0.4, -0.2) is 81.3 Å². The standard InChI is InChI=1S/C35H58N2O6/c1-11-15-16-17-21-42-31(41)27-26-29(39)37(25(22-38)24(5)13-3)28(35(26)19-18-34(27,14-4)43-35)30(40)36(20-12-2)33(9,10)23-32(6,7)8/h11-12,24-28,38H,1-2,13-23H2,3-10H3/t24-,25-,26-,27+,28?,34-,35?/m0/s1. The van der Waals surface area contributed by atoms with Gasteiger partial charge in [0.2, 0.25) is 11.8 Å². The molecule has 0 aliphatic carbocycles. The number of nitrogens with zero attached hydrogens (tertiary/aromatic N) is 2. The summed E-state index contributed by atoms with van der Waals surface area (Å²) in [6.07, 6.45) is 9.04. The van der Waals surface area contributed by atoms with Gasteiger partial charge in [0.05, 0.1) is 30.8 Å². The quantitative estimate of drug-likeness (QED) is 0.139. The van der Waals surface area contributed by atoms with Gasteiger partial charge in [-0.1, -0.05) is 60.1 Å². The molecule has 8 nitrogen and oxygen atoms in total. The number of amides is 2. The lowest BCUT2D eigenvalue weighted by molar-refractivity contribution is -0.166. The third-order valence-corrected chi connectivity index (χ3v) is 10.3. The Morgan fingerprint density at radius 3 is 2.37 bits per heavy atom. The zero-order valence-electron chi connectivity index (χ0n) is 28.1. The number of hydrogen-bond donors (Lipinski definition) is 1. The predicted octanol–water partition coefficient (Wildman–Crippen LogP) is 5.68. The second kappa shape index (κ2) is 13.4. The maximum atomic E-state index is 15.0. The summed E-state index contributed by atoms with van der Waals surface area (Å²) in [5.41, 5.74) is -2.65. The van der Waals surface area contributed by atoms with E-state index < -0.39 is 46.6 Å². The first kappa shape index (κ1) is 35.3. The summed E-state index contributed by atoms with van der Waals surface area (Å²) in [6.45, 7) is 24.5. The predicted molar refractivity (Wildman–Crippen MR) is 169 cm³/mol. The number of allylic oxidation sites excluding steroid dienone is 1. The molecule has 3 aliphatic heterocycles. The van der Waals surface area contributed by atoms with Crippen LogP contribution in [0.4, 0.5) is 0 Å². The van der Waals surface area contributed by atoms with Crippen LogP contribution in [0.1, 0.15) is 107 Å². The van der Waals surface area contributed by atoms with Crippen LogP contribution in [0.5, 0.6) is 0 Å². The number of likely N-dealkylation sites (tertiary alicyclic amines) is 1. The molecule has 0 aromatic rings. The van der Waals surface area contributed by atoms with Crippen LogP contribution in [-0.2, 0) is 23.9 Å². The minimum atomic E-state index is -1.17. The number of aliphatic hydroxyl groups excluding tert-OH is 1. The molecule has 0 saturated carbocycles. The Morgan fingerprint density at radius 2 is 1.84 bits per heavy atom. The highest BCUT2D eigenvalue weighted by Gasteiger charge is 2.80. The highest BCUT2D eigenvalue weighted by molar-refractivity contribution is 5.99. The van der Waals surface area contributed by atoms with E-state index in [1.54, 1.807) is 11.0 Å². The molecule has 0 aromatic carbocycles. The normalized spacial score (nSPS) is 29.7. The Kier molecular flexibility index (Phi) is 11.0. The summed E-state index contributed by atoms with van der Waals surface area (Å²) in [6, 6.07) is -1.55. The third-order valence-electron chi connectivity index (χ3n) is 10.3. The van der Waals surface area contributed by atoms with Crippen molar-refractivity contribution in [3.05, 3.63) is 25.3 Å². The second-order valence-electron chi connectivity index (χ2n) is 15.0. The van der Waals surface area contributed by atoms with Gasteiger partial charge in [0.1, 0.15) is 17.6 Å². The number of carbonyl (C=O) groups excluding carboxylic acids is 3. The molecule has 3 aliphatic rings. The van der Waals surface area contributed by atoms with Gasteiger partial charge in [-0.15, -0.1) is 13.2 Å². The first-order valence-electron chi connectivity index (χ1n) is 16.4. The van der Waals surface area contributed by atoms with Crippen molar-refractivity contribution in [2.24, 2.45) is 23.2 Å². The van der Waals surface area contributed by atoms with E-state index >= 15 is 4.79 Å². The van der Waals surface area contributed by atoms with Crippen molar-refractivity contribution in [3.63, 3.8) is 0 Å². The lowest BCUT2D eigenvalue weighted by Gasteiger charge is -2.47. The summed E-state index contributed by atoms with van der Waals surface area (Å²) >= 11 is 0. The molecule has 3 saturated heterocycles. The Balaban J connectivity index is 2.14. The van der Waals surface area contributed by atoms with Crippen molar-refractivity contribution >= 4 is 17.8 Å². The molecule has 244 valence electrons. The van der Waals surface area contributed by atoms with Gasteiger partial charge in [0, 0.05) is 12.1 Å². The summed E-state index contributed by atoms with van der Waals surface area (Å²) in [5, 5.41) is 10.7. The first-order chi connectivity index (χ1) is 20.1. The monoisotopic (exact) mass is 602 g/mol. The summed E-state index contributed by atoms with van der Waals surface area (Å²) in [4.78, 5) is 47.0. The highest BCUT2D eigenvalue weighted by atomic mass is 16.6. The molecule has 3 fully saturated rings. The van der Waals surface area contributed by atoms with Crippen LogP contribution >= 0.6 is 0 Å². The van der Waals surface area contributed by atoms with Gasteiger partial charge in [-0.2, -0.15) is 0 Å². The lowest BCUT2D eigenvalue weighted by atomic mass is 9.65. The maximum absolute atomic E-state index is 15.0. The Labute approximate surface area is 260 Å². The Hall–Kier alpha value is -2.19. The molecule has 3 rings (SSSR count). The number of hydrogen-bond acceptors (Lipinski definition) is 6. The van der Waals surface area contributed by atoms with Crippen LogP contribution in [0.25, 0.3) is 0 Å². The molecule has 3 heterocycles. The summed E-state index contributed by atoms with van der Waals surface area (Å²) in [5.74, 6) is -2.63. The summed E-state index contributed by atoms with van der Waals surface area (Å²) < 4.78 is 12.8. The molecule has 0 aromatic heterocycles. The fraction of sp³-hybridized carbons (Fsp3) is 0.800. The molecule has 8 heteroatoms. The number of fused-ring (bicyclic) bond motifs is 1. The number of rotatable bonds is 16. The van der Waals surface area contributed by atoms with E-state index in [0.29, 0.717) is 32.2 Å². The fourth-order valence-electron chi connectivity index (χ4n) is 8.42. The van der Waals surface area contributed by atoms with E-state index in [4.69, 9.17) is 9.47 Å². The smallest absolute Gasteiger partial charge is 0.312 e. The van der Waals surface area contributed by atoms with Gasteiger partial charge in [-0.3, -0.25) is 14.4 Å². The third kappa shape index (κ3) is 6.47. The molecule has 1 spiro atoms. The molecule has 43 heavy (non-hydrogen) atoms. The van der Waals surface area contributed by atoms with Crippen molar-refractivity contribution < 1.29 is 29.0 Å². The van der Waals surface area contributed by atoms with E-state index in [1.807, 2.05) is 31.7 Å². The topological polar surface area (TPSA) is 96.4 Å². The van der Waals surface area contributed by atoms with E-state index in [9.17, 15) is 14.7 Å². The molecular weight excluding hydrogens is 544 g/mol. The van der Waals surface area contributed by atoms with Crippen molar-refractivity contribution in [1.82, 2.24) is 9.80 Å². The minimum absolute atomic E-state index is 0.0608. The van der Waals surface area contributed by atoms with Gasteiger partial charge in [0.25, 0.3) is 0 Å². The second-order valence-corrected chi connectivity index (χ2v) is 15.0. The molecule has 7 atom stereocenters. The zero-order chi connectivity index (χ0) is 32.4. The molecule has 2 unspecified atom stereocenters. The van der Waals surface area contributed by atoms with Crippen LogP contribution in [0.3, 0.4) is 0 Å².